The molecule has 0 saturated carbocycles. The Labute approximate surface area is 87.8 Å². The number of carbonyl (C=O) groups is 1. The van der Waals surface area contributed by atoms with Crippen LogP contribution in [0, 0.1) is 0 Å². The molecule has 0 saturated heterocycles. The standard InChI is InChI=1S/C7H6O3.Na.H/c1-2-6(8)10-7-4-3-5-9-7;;/h2-5H,1H2;;/q;+1;-1. The molecular weight excluding hydrogens is 155 g/mol. The molecule has 0 aliphatic rings. The Bertz CT molecular complexity index is 233. The third kappa shape index (κ3) is 3.41. The molecule has 0 radical (unpaired) electrons. The monoisotopic (exact) mass is 162 g/mol. The summed E-state index contributed by atoms with van der Waals surface area (Å²) in [5.41, 5.74) is 0. The fourth-order valence-corrected chi connectivity index (χ4v) is 0.462. The molecule has 0 N–H and O–H groups in total. The molecule has 0 spiro atoms. The normalized spacial score (nSPS) is 8.00. The SMILES string of the molecule is C=CC(=O)Oc1ccco1.[H-].[Na+]. The third-order valence-electron chi connectivity index (χ3n) is 0.863. The maximum absolute atomic E-state index is 10.5. The van der Waals surface area contributed by atoms with Crippen LogP contribution in [0.2, 0.25) is 0 Å². The largest absolute Gasteiger partial charge is 1.00 e. The number of rotatable bonds is 2. The molecule has 0 aromatic carbocycles. The van der Waals surface area contributed by atoms with Gasteiger partial charge >= 0.3 is 35.5 Å². The molecule has 54 valence electrons. The van der Waals surface area contributed by atoms with Gasteiger partial charge in [0, 0.05) is 12.1 Å². The minimum Gasteiger partial charge on any atom is -1.00 e. The second-order valence-electron chi connectivity index (χ2n) is 1.56. The van der Waals surface area contributed by atoms with E-state index < -0.39 is 5.97 Å². The quantitative estimate of drug-likeness (QED) is 0.301. The Hall–Kier alpha value is -0.510. The van der Waals surface area contributed by atoms with E-state index in [-0.39, 0.29) is 36.9 Å². The second kappa shape index (κ2) is 5.18. The number of furan rings is 1. The first kappa shape index (κ1) is 10.5. The van der Waals surface area contributed by atoms with Crippen molar-refractivity contribution in [2.24, 2.45) is 0 Å². The van der Waals surface area contributed by atoms with Gasteiger partial charge in [-0.15, -0.1) is 0 Å². The molecule has 0 aliphatic carbocycles. The molecule has 4 heteroatoms. The first-order valence-corrected chi connectivity index (χ1v) is 2.70. The first-order chi connectivity index (χ1) is 4.83. The van der Waals surface area contributed by atoms with E-state index in [1.54, 1.807) is 12.1 Å². The van der Waals surface area contributed by atoms with E-state index in [0.29, 0.717) is 0 Å². The van der Waals surface area contributed by atoms with Crippen molar-refractivity contribution in [1.29, 1.82) is 0 Å². The summed E-state index contributed by atoms with van der Waals surface area (Å²) < 4.78 is 9.30. The van der Waals surface area contributed by atoms with Crippen molar-refractivity contribution < 1.29 is 44.9 Å². The first-order valence-electron chi connectivity index (χ1n) is 2.70. The van der Waals surface area contributed by atoms with E-state index in [4.69, 9.17) is 4.42 Å². The van der Waals surface area contributed by atoms with Gasteiger partial charge in [-0.2, -0.15) is 0 Å². The zero-order chi connectivity index (χ0) is 7.40. The zero-order valence-corrected chi connectivity index (χ0v) is 8.24. The maximum atomic E-state index is 10.5. The van der Waals surface area contributed by atoms with E-state index in [1.165, 1.54) is 6.26 Å². The van der Waals surface area contributed by atoms with Crippen molar-refractivity contribution in [2.75, 3.05) is 0 Å². The summed E-state index contributed by atoms with van der Waals surface area (Å²) in [5.74, 6) is -0.333. The van der Waals surface area contributed by atoms with Gasteiger partial charge in [0.05, 0.1) is 6.26 Å². The predicted molar refractivity (Wildman–Crippen MR) is 35.7 cm³/mol. The van der Waals surface area contributed by atoms with Crippen LogP contribution in [0.5, 0.6) is 5.95 Å². The van der Waals surface area contributed by atoms with Gasteiger partial charge in [-0.25, -0.2) is 4.79 Å². The van der Waals surface area contributed by atoms with Crippen LogP contribution in [0.25, 0.3) is 0 Å². The molecule has 11 heavy (non-hydrogen) atoms. The Balaban J connectivity index is 0. The summed E-state index contributed by atoms with van der Waals surface area (Å²) >= 11 is 0. The maximum Gasteiger partial charge on any atom is 1.00 e. The molecule has 0 fully saturated rings. The molecule has 1 aromatic rings. The molecule has 0 atom stereocenters. The molecule has 1 heterocycles. The van der Waals surface area contributed by atoms with Gasteiger partial charge < -0.3 is 10.6 Å². The minimum atomic E-state index is -0.519. The Kier molecular flexibility index (Phi) is 4.94. The van der Waals surface area contributed by atoms with Crippen molar-refractivity contribution in [2.45, 2.75) is 0 Å². The smallest absolute Gasteiger partial charge is 1.00 e. The molecule has 1 rings (SSSR count). The summed E-state index contributed by atoms with van der Waals surface area (Å²) in [7, 11) is 0. The van der Waals surface area contributed by atoms with Gasteiger partial charge in [0.2, 0.25) is 0 Å². The van der Waals surface area contributed by atoms with E-state index >= 15 is 0 Å². The summed E-state index contributed by atoms with van der Waals surface area (Å²) in [4.78, 5) is 10.5. The number of hydrogen-bond donors (Lipinski definition) is 0. The van der Waals surface area contributed by atoms with Crippen LogP contribution in [0.4, 0.5) is 0 Å². The number of esters is 1. The molecule has 0 amide bonds. The Morgan fingerprint density at radius 3 is 3.00 bits per heavy atom. The van der Waals surface area contributed by atoms with Crippen molar-refractivity contribution in [3.05, 3.63) is 31.1 Å². The third-order valence-corrected chi connectivity index (χ3v) is 0.863. The van der Waals surface area contributed by atoms with Crippen LogP contribution < -0.4 is 34.3 Å². The van der Waals surface area contributed by atoms with Crippen LogP contribution in [0.1, 0.15) is 1.43 Å². The van der Waals surface area contributed by atoms with Gasteiger partial charge in [-0.3, -0.25) is 0 Å². The predicted octanol–water partition coefficient (Wildman–Crippen LogP) is -1.51. The van der Waals surface area contributed by atoms with E-state index in [9.17, 15) is 4.79 Å². The minimum absolute atomic E-state index is 0. The number of hydrogen-bond acceptors (Lipinski definition) is 3. The molecular formula is C7H7NaO3. The molecule has 0 aliphatic heterocycles. The van der Waals surface area contributed by atoms with Gasteiger partial charge in [0.1, 0.15) is 0 Å². The summed E-state index contributed by atoms with van der Waals surface area (Å²) in [6, 6.07) is 3.17. The Morgan fingerprint density at radius 2 is 2.55 bits per heavy atom. The van der Waals surface area contributed by atoms with Crippen molar-refractivity contribution in [1.82, 2.24) is 0 Å². The fourth-order valence-electron chi connectivity index (χ4n) is 0.462. The van der Waals surface area contributed by atoms with Gasteiger partial charge in [-0.05, 0) is 6.07 Å². The molecule has 0 bridgehead atoms. The fraction of sp³-hybridized carbons (Fsp3) is 0. The second-order valence-corrected chi connectivity index (χ2v) is 1.56. The average molecular weight is 162 g/mol. The summed E-state index contributed by atoms with van der Waals surface area (Å²) in [5, 5.41) is 0. The van der Waals surface area contributed by atoms with Crippen molar-refractivity contribution in [3.63, 3.8) is 0 Å². The average Bonchev–Trinajstić information content (AvgIpc) is 2.40. The molecule has 3 nitrogen and oxygen atoms in total. The Morgan fingerprint density at radius 1 is 1.82 bits per heavy atom. The summed E-state index contributed by atoms with van der Waals surface area (Å²) in [6.07, 6.45) is 2.49. The number of ether oxygens (including phenoxy) is 1. The molecule has 1 aromatic heterocycles. The van der Waals surface area contributed by atoms with E-state index in [1.807, 2.05) is 0 Å². The van der Waals surface area contributed by atoms with Crippen molar-refractivity contribution >= 4 is 5.97 Å². The van der Waals surface area contributed by atoms with Crippen LogP contribution >= 0.6 is 0 Å². The van der Waals surface area contributed by atoms with Crippen LogP contribution in [0.15, 0.2) is 35.5 Å². The van der Waals surface area contributed by atoms with Crippen LogP contribution in [-0.4, -0.2) is 5.97 Å². The number of carbonyl (C=O) groups excluding carboxylic acids is 1. The molecule has 0 unspecified atom stereocenters. The zero-order valence-electron chi connectivity index (χ0n) is 7.24. The van der Waals surface area contributed by atoms with E-state index in [2.05, 4.69) is 11.3 Å². The van der Waals surface area contributed by atoms with E-state index in [0.717, 1.165) is 6.08 Å². The van der Waals surface area contributed by atoms with Gasteiger partial charge in [0.25, 0.3) is 5.95 Å². The van der Waals surface area contributed by atoms with Crippen LogP contribution in [-0.2, 0) is 4.79 Å². The summed E-state index contributed by atoms with van der Waals surface area (Å²) in [6.45, 7) is 3.22. The van der Waals surface area contributed by atoms with Crippen molar-refractivity contribution in [3.8, 4) is 5.95 Å². The van der Waals surface area contributed by atoms with Gasteiger partial charge in [-0.1, -0.05) is 6.58 Å². The topological polar surface area (TPSA) is 39.4 Å². The van der Waals surface area contributed by atoms with Crippen LogP contribution in [0.3, 0.4) is 0 Å². The van der Waals surface area contributed by atoms with Gasteiger partial charge in [0.15, 0.2) is 0 Å².